The first-order chi connectivity index (χ1) is 9.63. The zero-order valence-corrected chi connectivity index (χ0v) is 11.3. The average molecular weight is 274 g/mol. The van der Waals surface area contributed by atoms with Gasteiger partial charge in [-0.1, -0.05) is 19.0 Å². The van der Waals surface area contributed by atoms with Gasteiger partial charge >= 0.3 is 0 Å². The average Bonchev–Trinajstić information content (AvgIpc) is 3.04. The lowest BCUT2D eigenvalue weighted by atomic mass is 10.1. The van der Waals surface area contributed by atoms with E-state index in [1.54, 1.807) is 12.1 Å². The lowest BCUT2D eigenvalue weighted by Gasteiger charge is -2.05. The van der Waals surface area contributed by atoms with Crippen LogP contribution in [0.1, 0.15) is 31.2 Å². The van der Waals surface area contributed by atoms with Crippen LogP contribution in [0.5, 0.6) is 5.75 Å². The number of halogens is 1. The van der Waals surface area contributed by atoms with E-state index in [1.807, 2.05) is 6.07 Å². The van der Waals surface area contributed by atoms with Gasteiger partial charge in [0.25, 0.3) is 0 Å². The molecule has 104 valence electrons. The van der Waals surface area contributed by atoms with Gasteiger partial charge in [-0.25, -0.2) is 4.39 Å². The third kappa shape index (κ3) is 2.39. The number of H-pyrrole nitrogens is 1. The summed E-state index contributed by atoms with van der Waals surface area (Å²) in [5, 5.41) is 4.42. The number of hydrogen-bond acceptors (Lipinski definition) is 3. The Morgan fingerprint density at radius 3 is 2.90 bits per heavy atom. The Morgan fingerprint density at radius 2 is 2.20 bits per heavy atom. The fourth-order valence-corrected chi connectivity index (χ4v) is 2.04. The van der Waals surface area contributed by atoms with Crippen LogP contribution in [0.25, 0.3) is 10.9 Å². The number of benzene rings is 1. The Kier molecular flexibility index (Phi) is 3.18. The minimum Gasteiger partial charge on any atom is -0.482 e. The van der Waals surface area contributed by atoms with Crippen LogP contribution in [-0.4, -0.2) is 10.1 Å². The van der Waals surface area contributed by atoms with Crippen molar-refractivity contribution >= 4 is 10.9 Å². The summed E-state index contributed by atoms with van der Waals surface area (Å²) in [6.07, 6.45) is 1.53. The third-order valence-electron chi connectivity index (χ3n) is 3.18. The van der Waals surface area contributed by atoms with E-state index < -0.39 is 0 Å². The molecule has 0 fully saturated rings. The van der Waals surface area contributed by atoms with Crippen molar-refractivity contribution in [2.24, 2.45) is 0 Å². The third-order valence-corrected chi connectivity index (χ3v) is 3.18. The molecule has 0 saturated heterocycles. The minimum atomic E-state index is -0.383. The summed E-state index contributed by atoms with van der Waals surface area (Å²) < 4.78 is 24.3. The number of ether oxygens (including phenoxy) is 1. The monoisotopic (exact) mass is 274 g/mol. The molecule has 4 nitrogen and oxygen atoms in total. The highest BCUT2D eigenvalue weighted by Gasteiger charge is 2.11. The maximum Gasteiger partial charge on any atom is 0.174 e. The summed E-state index contributed by atoms with van der Waals surface area (Å²) in [7, 11) is 0. The summed E-state index contributed by atoms with van der Waals surface area (Å²) in [5.41, 5.74) is 1.94. The Labute approximate surface area is 115 Å². The van der Waals surface area contributed by atoms with Gasteiger partial charge in [0.1, 0.15) is 6.61 Å². The minimum absolute atomic E-state index is 0.153. The molecule has 0 atom stereocenters. The molecule has 0 aliphatic carbocycles. The van der Waals surface area contributed by atoms with E-state index in [9.17, 15) is 4.39 Å². The van der Waals surface area contributed by atoms with Crippen molar-refractivity contribution < 1.29 is 13.7 Å². The molecule has 2 aromatic heterocycles. The van der Waals surface area contributed by atoms with Crippen molar-refractivity contribution in [2.75, 3.05) is 0 Å². The van der Waals surface area contributed by atoms with E-state index in [-0.39, 0.29) is 18.2 Å². The molecule has 0 saturated carbocycles. The largest absolute Gasteiger partial charge is 0.482 e. The second-order valence-corrected chi connectivity index (χ2v) is 5.02. The fourth-order valence-electron chi connectivity index (χ4n) is 2.04. The second-order valence-electron chi connectivity index (χ2n) is 5.02. The maximum atomic E-state index is 14.0. The van der Waals surface area contributed by atoms with Crippen LogP contribution in [0, 0.1) is 5.82 Å². The Morgan fingerprint density at radius 1 is 1.35 bits per heavy atom. The van der Waals surface area contributed by atoms with Crippen LogP contribution in [0.4, 0.5) is 4.39 Å². The predicted molar refractivity (Wildman–Crippen MR) is 73.2 cm³/mol. The standard InChI is InChI=1S/C15H15FN2O2/c1-9(2)13-6-10-5-12(16)15(7-14(10)18-13)19-8-11-3-4-17-20-11/h3-7,9,18H,8H2,1-2H3. The highest BCUT2D eigenvalue weighted by Crippen LogP contribution is 2.28. The van der Waals surface area contributed by atoms with Gasteiger partial charge < -0.3 is 14.2 Å². The van der Waals surface area contributed by atoms with Gasteiger partial charge in [-0.15, -0.1) is 0 Å². The van der Waals surface area contributed by atoms with Crippen LogP contribution in [-0.2, 0) is 6.61 Å². The summed E-state index contributed by atoms with van der Waals surface area (Å²) >= 11 is 0. The molecule has 0 spiro atoms. The molecule has 0 aliphatic heterocycles. The quantitative estimate of drug-likeness (QED) is 0.782. The van der Waals surface area contributed by atoms with Crippen LogP contribution < -0.4 is 4.74 Å². The number of nitrogens with one attached hydrogen (secondary N) is 1. The molecule has 0 amide bonds. The number of hydrogen-bond donors (Lipinski definition) is 1. The highest BCUT2D eigenvalue weighted by atomic mass is 19.1. The number of aromatic nitrogens is 2. The first-order valence-electron chi connectivity index (χ1n) is 6.48. The van der Waals surface area contributed by atoms with E-state index in [0.717, 1.165) is 16.6 Å². The van der Waals surface area contributed by atoms with Gasteiger partial charge in [-0.05, 0) is 18.1 Å². The van der Waals surface area contributed by atoms with E-state index in [4.69, 9.17) is 9.26 Å². The maximum absolute atomic E-state index is 14.0. The van der Waals surface area contributed by atoms with E-state index in [1.165, 1.54) is 12.3 Å². The van der Waals surface area contributed by atoms with Crippen molar-refractivity contribution in [1.29, 1.82) is 0 Å². The first kappa shape index (κ1) is 12.7. The van der Waals surface area contributed by atoms with Gasteiger partial charge in [0.15, 0.2) is 17.3 Å². The molecule has 1 N–H and O–H groups in total. The van der Waals surface area contributed by atoms with Gasteiger partial charge in [0.2, 0.25) is 0 Å². The number of aromatic amines is 1. The molecule has 1 aromatic carbocycles. The van der Waals surface area contributed by atoms with Crippen molar-refractivity contribution in [3.63, 3.8) is 0 Å². The normalized spacial score (nSPS) is 11.4. The molecular weight excluding hydrogens is 259 g/mol. The molecule has 0 radical (unpaired) electrons. The Bertz CT molecular complexity index is 717. The molecule has 3 aromatic rings. The molecule has 20 heavy (non-hydrogen) atoms. The van der Waals surface area contributed by atoms with Gasteiger partial charge in [-0.2, -0.15) is 0 Å². The molecule has 0 bridgehead atoms. The number of fused-ring (bicyclic) bond motifs is 1. The number of rotatable bonds is 4. The summed E-state index contributed by atoms with van der Waals surface area (Å²) in [4.78, 5) is 3.27. The van der Waals surface area contributed by atoms with Crippen molar-refractivity contribution in [2.45, 2.75) is 26.4 Å². The Hall–Kier alpha value is -2.30. The predicted octanol–water partition coefficient (Wildman–Crippen LogP) is 4.00. The first-order valence-corrected chi connectivity index (χ1v) is 6.48. The SMILES string of the molecule is CC(C)c1cc2cc(F)c(OCc3ccno3)cc2[nH]1. The van der Waals surface area contributed by atoms with Crippen LogP contribution in [0.15, 0.2) is 35.0 Å². The fraction of sp³-hybridized carbons (Fsp3) is 0.267. The Balaban J connectivity index is 1.88. The van der Waals surface area contributed by atoms with Crippen molar-refractivity contribution in [3.8, 4) is 5.75 Å². The topological polar surface area (TPSA) is 51.1 Å². The summed E-state index contributed by atoms with van der Waals surface area (Å²) in [6.45, 7) is 4.32. The lowest BCUT2D eigenvalue weighted by molar-refractivity contribution is 0.240. The van der Waals surface area contributed by atoms with Gasteiger partial charge in [-0.3, -0.25) is 0 Å². The van der Waals surface area contributed by atoms with Crippen LogP contribution in [0.2, 0.25) is 0 Å². The molecule has 5 heteroatoms. The molecule has 2 heterocycles. The second kappa shape index (κ2) is 5.00. The van der Waals surface area contributed by atoms with E-state index in [0.29, 0.717) is 11.7 Å². The van der Waals surface area contributed by atoms with E-state index >= 15 is 0 Å². The van der Waals surface area contributed by atoms with Crippen LogP contribution >= 0.6 is 0 Å². The van der Waals surface area contributed by atoms with E-state index in [2.05, 4.69) is 24.0 Å². The molecule has 0 unspecified atom stereocenters. The number of nitrogens with zero attached hydrogens (tertiary/aromatic N) is 1. The highest BCUT2D eigenvalue weighted by molar-refractivity contribution is 5.82. The van der Waals surface area contributed by atoms with Gasteiger partial charge in [0.05, 0.1) is 6.20 Å². The van der Waals surface area contributed by atoms with Gasteiger partial charge in [0, 0.05) is 28.7 Å². The smallest absolute Gasteiger partial charge is 0.174 e. The van der Waals surface area contributed by atoms with Crippen molar-refractivity contribution in [3.05, 3.63) is 47.7 Å². The molecule has 3 rings (SSSR count). The zero-order chi connectivity index (χ0) is 14.1. The lowest BCUT2D eigenvalue weighted by Crippen LogP contribution is -1.96. The molecule has 0 aliphatic rings. The summed E-state index contributed by atoms with van der Waals surface area (Å²) in [6, 6.07) is 6.80. The summed E-state index contributed by atoms with van der Waals surface area (Å²) in [5.74, 6) is 0.736. The van der Waals surface area contributed by atoms with Crippen molar-refractivity contribution in [1.82, 2.24) is 10.1 Å². The zero-order valence-electron chi connectivity index (χ0n) is 11.3. The van der Waals surface area contributed by atoms with Crippen LogP contribution in [0.3, 0.4) is 0 Å². The molecular formula is C15H15FN2O2.